The van der Waals surface area contributed by atoms with Crippen molar-refractivity contribution in [2.75, 3.05) is 0 Å². The Labute approximate surface area is 330 Å². The second-order valence-electron chi connectivity index (χ2n) is 14.5. The molecule has 4 nitrogen and oxygen atoms in total. The molecule has 0 saturated carbocycles. The van der Waals surface area contributed by atoms with Crippen LogP contribution in [0.5, 0.6) is 0 Å². The molecule has 1 unspecified atom stereocenters. The fourth-order valence-electron chi connectivity index (χ4n) is 8.35. The zero-order chi connectivity index (χ0) is 37.7. The first-order chi connectivity index (χ1) is 28.2. The van der Waals surface area contributed by atoms with Crippen molar-refractivity contribution >= 4 is 55.1 Å². The van der Waals surface area contributed by atoms with Crippen molar-refractivity contribution in [3.05, 3.63) is 217 Å². The van der Waals surface area contributed by atoms with Crippen LogP contribution in [0, 0.1) is 0 Å². The number of hydrogen-bond acceptors (Lipinski definition) is 4. The molecular weight excluding hydrogens is 695 g/mol. The molecule has 4 heteroatoms. The molecule has 1 N–H and O–H groups in total. The van der Waals surface area contributed by atoms with Crippen LogP contribution in [0.15, 0.2) is 210 Å². The fourth-order valence-corrected chi connectivity index (χ4v) is 8.35. The van der Waals surface area contributed by atoms with Gasteiger partial charge in [0.2, 0.25) is 0 Å². The van der Waals surface area contributed by atoms with E-state index in [1.54, 1.807) is 0 Å². The topological polar surface area (TPSA) is 50.4 Å². The van der Waals surface area contributed by atoms with Crippen LogP contribution in [0.2, 0.25) is 0 Å². The highest BCUT2D eigenvalue weighted by molar-refractivity contribution is 6.17. The molecule has 0 radical (unpaired) electrons. The third kappa shape index (κ3) is 5.78. The van der Waals surface area contributed by atoms with E-state index >= 15 is 0 Å². The maximum atomic E-state index is 6.39. The first kappa shape index (κ1) is 32.8. The van der Waals surface area contributed by atoms with Crippen molar-refractivity contribution in [2.24, 2.45) is 4.99 Å². The predicted molar refractivity (Wildman–Crippen MR) is 236 cm³/mol. The normalized spacial score (nSPS) is 14.1. The van der Waals surface area contributed by atoms with Crippen LogP contribution in [-0.2, 0) is 0 Å². The minimum absolute atomic E-state index is 0.238. The van der Waals surface area contributed by atoms with Crippen LogP contribution >= 0.6 is 0 Å². The number of hydrogen-bond donors (Lipinski definition) is 1. The number of nitrogens with zero attached hydrogens (tertiary/aromatic N) is 2. The first-order valence-corrected chi connectivity index (χ1v) is 19.4. The van der Waals surface area contributed by atoms with Gasteiger partial charge in [-0.15, -0.1) is 0 Å². The van der Waals surface area contributed by atoms with Gasteiger partial charge in [-0.3, -0.25) is 4.99 Å². The Bertz CT molecular complexity index is 3180. The summed E-state index contributed by atoms with van der Waals surface area (Å²) in [5.41, 5.74) is 13.6. The zero-order valence-corrected chi connectivity index (χ0v) is 30.9. The summed E-state index contributed by atoms with van der Waals surface area (Å²) in [5, 5.41) is 9.38. The summed E-state index contributed by atoms with van der Waals surface area (Å²) in [5.74, 6) is 0.835. The molecule has 57 heavy (non-hydrogen) atoms. The van der Waals surface area contributed by atoms with Gasteiger partial charge in [0.1, 0.15) is 17.0 Å². The largest absolute Gasteiger partial charge is 0.455 e. The van der Waals surface area contributed by atoms with Gasteiger partial charge >= 0.3 is 0 Å². The number of para-hydroxylation sites is 2. The second kappa shape index (κ2) is 13.6. The van der Waals surface area contributed by atoms with Crippen molar-refractivity contribution in [1.82, 2.24) is 10.3 Å². The minimum Gasteiger partial charge on any atom is -0.455 e. The molecule has 1 aliphatic rings. The monoisotopic (exact) mass is 729 g/mol. The van der Waals surface area contributed by atoms with Crippen LogP contribution < -0.4 is 5.32 Å². The van der Waals surface area contributed by atoms with Crippen LogP contribution in [0.25, 0.3) is 82.8 Å². The lowest BCUT2D eigenvalue weighted by Crippen LogP contribution is -2.27. The van der Waals surface area contributed by atoms with Crippen molar-refractivity contribution < 1.29 is 4.42 Å². The van der Waals surface area contributed by atoms with Crippen molar-refractivity contribution in [1.29, 1.82) is 0 Å². The molecule has 10 aromatic rings. The minimum atomic E-state index is -0.238. The molecule has 0 bridgehead atoms. The lowest BCUT2D eigenvalue weighted by molar-refractivity contribution is 0.670. The summed E-state index contributed by atoms with van der Waals surface area (Å²) in [4.78, 5) is 10.7. The Kier molecular flexibility index (Phi) is 7.85. The molecule has 3 heterocycles. The summed E-state index contributed by atoms with van der Waals surface area (Å²) in [6.07, 6.45) is 2.24. The van der Waals surface area contributed by atoms with Gasteiger partial charge < -0.3 is 9.73 Å². The molecule has 2 aromatic heterocycles. The van der Waals surface area contributed by atoms with Gasteiger partial charge in [-0.05, 0) is 52.1 Å². The van der Waals surface area contributed by atoms with Gasteiger partial charge in [0.15, 0.2) is 0 Å². The third-order valence-electron chi connectivity index (χ3n) is 11.1. The highest BCUT2D eigenvalue weighted by Crippen LogP contribution is 2.41. The number of rotatable bonds is 6. The molecule has 0 aliphatic carbocycles. The average molecular weight is 730 g/mol. The average Bonchev–Trinajstić information content (AvgIpc) is 3.68. The van der Waals surface area contributed by atoms with Crippen LogP contribution in [0.1, 0.15) is 22.7 Å². The van der Waals surface area contributed by atoms with Gasteiger partial charge in [-0.2, -0.15) is 0 Å². The number of aliphatic imine (C=N–C) groups is 1. The standard InChI is InChI=1S/C53H35N3O/c1-4-14-34(15-5-1)40-21-12-24-44-50(40)45-32-39(30-31-46(45)54-51(44)37-16-6-2-7-17-37)48-33-47(55-53(56-48)38-18-8-3-9-19-38)36-28-26-35(27-29-36)41-22-13-23-43-42-20-10-11-25-49(42)57-52(41)43/h1-33,48H,(H,55,56). The first-order valence-electron chi connectivity index (χ1n) is 19.4. The van der Waals surface area contributed by atoms with Gasteiger partial charge in [-0.25, -0.2) is 4.98 Å². The van der Waals surface area contributed by atoms with Crippen LogP contribution in [-0.4, -0.2) is 10.8 Å². The van der Waals surface area contributed by atoms with E-state index in [0.717, 1.165) is 88.8 Å². The summed E-state index contributed by atoms with van der Waals surface area (Å²) in [6, 6.07) is 67.9. The molecule has 0 amide bonds. The van der Waals surface area contributed by atoms with E-state index in [-0.39, 0.29) is 6.04 Å². The Balaban J connectivity index is 1.05. The van der Waals surface area contributed by atoms with E-state index in [0.29, 0.717) is 0 Å². The Hall–Kier alpha value is -7.56. The summed E-state index contributed by atoms with van der Waals surface area (Å²) >= 11 is 0. The number of furan rings is 1. The summed E-state index contributed by atoms with van der Waals surface area (Å²) in [7, 11) is 0. The van der Waals surface area contributed by atoms with E-state index in [1.807, 2.05) is 18.2 Å². The van der Waals surface area contributed by atoms with Gasteiger partial charge in [-0.1, -0.05) is 176 Å². The van der Waals surface area contributed by atoms with E-state index < -0.39 is 0 Å². The van der Waals surface area contributed by atoms with E-state index in [2.05, 4.69) is 187 Å². The molecule has 268 valence electrons. The van der Waals surface area contributed by atoms with Crippen molar-refractivity contribution in [3.63, 3.8) is 0 Å². The molecule has 0 spiro atoms. The second-order valence-corrected chi connectivity index (χ2v) is 14.5. The van der Waals surface area contributed by atoms with E-state index in [1.165, 1.54) is 16.5 Å². The highest BCUT2D eigenvalue weighted by Gasteiger charge is 2.22. The number of benzene rings is 8. The molecule has 8 aromatic carbocycles. The molecule has 0 fully saturated rings. The fraction of sp³-hybridized carbons (Fsp3) is 0.0189. The number of pyridine rings is 1. The number of aromatic nitrogens is 1. The van der Waals surface area contributed by atoms with Crippen molar-refractivity contribution in [2.45, 2.75) is 6.04 Å². The third-order valence-corrected chi connectivity index (χ3v) is 11.1. The van der Waals surface area contributed by atoms with Gasteiger partial charge in [0.05, 0.1) is 17.3 Å². The van der Waals surface area contributed by atoms with E-state index in [4.69, 9.17) is 14.4 Å². The quantitative estimate of drug-likeness (QED) is 0.173. The van der Waals surface area contributed by atoms with Crippen LogP contribution in [0.4, 0.5) is 0 Å². The molecule has 1 atom stereocenters. The zero-order valence-electron chi connectivity index (χ0n) is 30.9. The Morgan fingerprint density at radius 2 is 1.07 bits per heavy atom. The lowest BCUT2D eigenvalue weighted by Gasteiger charge is -2.24. The smallest absolute Gasteiger partial charge is 0.143 e. The number of amidine groups is 1. The summed E-state index contributed by atoms with van der Waals surface area (Å²) < 4.78 is 6.39. The van der Waals surface area contributed by atoms with Gasteiger partial charge in [0.25, 0.3) is 0 Å². The van der Waals surface area contributed by atoms with Crippen LogP contribution in [0.3, 0.4) is 0 Å². The summed E-state index contributed by atoms with van der Waals surface area (Å²) in [6.45, 7) is 0. The lowest BCUT2D eigenvalue weighted by atomic mass is 9.91. The maximum Gasteiger partial charge on any atom is 0.143 e. The molecule has 1 aliphatic heterocycles. The molecule has 11 rings (SSSR count). The molecule has 0 saturated heterocycles. The maximum absolute atomic E-state index is 6.39. The number of fused-ring (bicyclic) bond motifs is 6. The van der Waals surface area contributed by atoms with E-state index in [9.17, 15) is 0 Å². The Morgan fingerprint density at radius 3 is 1.84 bits per heavy atom. The highest BCUT2D eigenvalue weighted by atomic mass is 16.3. The van der Waals surface area contributed by atoms with Gasteiger partial charge in [0, 0.05) is 49.3 Å². The predicted octanol–water partition coefficient (Wildman–Crippen LogP) is 13.4. The Morgan fingerprint density at radius 1 is 0.456 bits per heavy atom. The van der Waals surface area contributed by atoms with Crippen molar-refractivity contribution in [3.8, 4) is 33.5 Å². The number of nitrogens with one attached hydrogen (secondary N) is 1. The molecular formula is C53H35N3O. The SMILES string of the molecule is C1=C(c2ccc(-c3cccc4c3oc3ccccc34)cc2)NC(c2ccccc2)=NC1c1ccc2nc(-c3ccccc3)c3cccc(-c4ccccc4)c3c2c1.